The van der Waals surface area contributed by atoms with Crippen molar-refractivity contribution in [3.05, 3.63) is 29.8 Å². The van der Waals surface area contributed by atoms with E-state index in [4.69, 9.17) is 4.74 Å². The number of halogens is 2. The number of ether oxygens (including phenoxy) is 1. The quantitative estimate of drug-likeness (QED) is 0.824. The van der Waals surface area contributed by atoms with Gasteiger partial charge in [0.25, 0.3) is 5.91 Å². The van der Waals surface area contributed by atoms with E-state index < -0.39 is 11.6 Å². The number of amides is 2. The molecule has 5 nitrogen and oxygen atoms in total. The Morgan fingerprint density at radius 2 is 1.92 bits per heavy atom. The molecule has 2 rings (SSSR count). The Kier molecular flexibility index (Phi) is 6.11. The van der Waals surface area contributed by atoms with Crippen molar-refractivity contribution < 1.29 is 23.1 Å². The van der Waals surface area contributed by atoms with Gasteiger partial charge in [0.15, 0.2) is 18.2 Å². The van der Waals surface area contributed by atoms with Crippen LogP contribution >= 0.6 is 0 Å². The molecule has 1 aromatic carbocycles. The zero-order chi connectivity index (χ0) is 17.7. The highest BCUT2D eigenvalue weighted by Crippen LogP contribution is 2.22. The number of rotatable bonds is 5. The fourth-order valence-electron chi connectivity index (χ4n) is 2.64. The molecule has 0 aliphatic carbocycles. The average Bonchev–Trinajstić information content (AvgIpc) is 2.54. The van der Waals surface area contributed by atoms with E-state index in [-0.39, 0.29) is 30.1 Å². The predicted molar refractivity (Wildman–Crippen MR) is 84.5 cm³/mol. The molecule has 2 amide bonds. The van der Waals surface area contributed by atoms with E-state index in [9.17, 15) is 18.4 Å². The fraction of sp³-hybridized carbons (Fsp3) is 0.529. The first-order chi connectivity index (χ1) is 11.4. The van der Waals surface area contributed by atoms with E-state index in [1.54, 1.807) is 23.9 Å². The minimum absolute atomic E-state index is 0.0925. The maximum absolute atomic E-state index is 13.5. The Morgan fingerprint density at radius 1 is 1.25 bits per heavy atom. The van der Waals surface area contributed by atoms with Crippen molar-refractivity contribution in [3.63, 3.8) is 0 Å². The molecule has 0 saturated carbocycles. The van der Waals surface area contributed by atoms with Gasteiger partial charge in [-0.05, 0) is 30.9 Å². The van der Waals surface area contributed by atoms with E-state index in [2.05, 4.69) is 0 Å². The van der Waals surface area contributed by atoms with Gasteiger partial charge in [-0.1, -0.05) is 0 Å². The summed E-state index contributed by atoms with van der Waals surface area (Å²) in [5, 5.41) is 0. The summed E-state index contributed by atoms with van der Waals surface area (Å²) in [7, 11) is 3.46. The maximum atomic E-state index is 13.5. The highest BCUT2D eigenvalue weighted by Gasteiger charge is 2.25. The smallest absolute Gasteiger partial charge is 0.260 e. The van der Waals surface area contributed by atoms with Crippen LogP contribution in [0.3, 0.4) is 0 Å². The molecule has 0 atom stereocenters. The second-order valence-electron chi connectivity index (χ2n) is 6.18. The summed E-state index contributed by atoms with van der Waals surface area (Å²) >= 11 is 0. The molecule has 1 aliphatic rings. The van der Waals surface area contributed by atoms with Crippen LogP contribution in [0.15, 0.2) is 18.2 Å². The van der Waals surface area contributed by atoms with Gasteiger partial charge in [-0.15, -0.1) is 0 Å². The summed E-state index contributed by atoms with van der Waals surface area (Å²) in [4.78, 5) is 27.0. The van der Waals surface area contributed by atoms with Gasteiger partial charge in [0.1, 0.15) is 5.82 Å². The van der Waals surface area contributed by atoms with Crippen LogP contribution in [-0.2, 0) is 9.59 Å². The van der Waals surface area contributed by atoms with E-state index >= 15 is 0 Å². The van der Waals surface area contributed by atoms with Crippen LogP contribution in [0, 0.1) is 17.6 Å². The molecule has 0 aromatic heterocycles. The lowest BCUT2D eigenvalue weighted by molar-refractivity contribution is -0.135. The number of carbonyl (C=O) groups excluding carboxylic acids is 2. The number of nitrogens with zero attached hydrogens (tertiary/aromatic N) is 2. The van der Waals surface area contributed by atoms with Crippen molar-refractivity contribution in [1.29, 1.82) is 0 Å². The molecule has 132 valence electrons. The monoisotopic (exact) mass is 340 g/mol. The lowest BCUT2D eigenvalue weighted by atomic mass is 9.93. The normalized spacial score (nSPS) is 15.2. The molecule has 1 aliphatic heterocycles. The summed E-state index contributed by atoms with van der Waals surface area (Å²) < 4.78 is 31.4. The molecule has 0 radical (unpaired) electrons. The van der Waals surface area contributed by atoms with E-state index in [1.807, 2.05) is 0 Å². The number of hydrogen-bond acceptors (Lipinski definition) is 3. The molecule has 7 heteroatoms. The van der Waals surface area contributed by atoms with Gasteiger partial charge in [0.05, 0.1) is 0 Å². The van der Waals surface area contributed by atoms with Crippen molar-refractivity contribution in [2.75, 3.05) is 33.8 Å². The Morgan fingerprint density at radius 3 is 2.50 bits per heavy atom. The second kappa shape index (κ2) is 8.08. The van der Waals surface area contributed by atoms with Gasteiger partial charge >= 0.3 is 0 Å². The third kappa shape index (κ3) is 4.91. The lowest BCUT2D eigenvalue weighted by Crippen LogP contribution is -2.41. The number of hydrogen-bond donors (Lipinski definition) is 0. The number of carbonyl (C=O) groups is 2. The van der Waals surface area contributed by atoms with Crippen LogP contribution in [0.25, 0.3) is 0 Å². The molecule has 1 aromatic rings. The third-order valence-electron chi connectivity index (χ3n) is 4.17. The highest BCUT2D eigenvalue weighted by atomic mass is 19.1. The minimum Gasteiger partial charge on any atom is -0.481 e. The lowest BCUT2D eigenvalue weighted by Gasteiger charge is -2.32. The largest absolute Gasteiger partial charge is 0.481 e. The van der Waals surface area contributed by atoms with Crippen LogP contribution in [0.1, 0.15) is 19.3 Å². The second-order valence-corrected chi connectivity index (χ2v) is 6.18. The molecule has 1 fully saturated rings. The molecule has 0 spiro atoms. The summed E-state index contributed by atoms with van der Waals surface area (Å²) in [5.74, 6) is -1.54. The predicted octanol–water partition coefficient (Wildman–Crippen LogP) is 2.06. The first-order valence-corrected chi connectivity index (χ1v) is 7.92. The zero-order valence-corrected chi connectivity index (χ0v) is 13.9. The first kappa shape index (κ1) is 18.2. The number of likely N-dealkylation sites (tertiary alicyclic amines) is 1. The van der Waals surface area contributed by atoms with Gasteiger partial charge in [-0.2, -0.15) is 0 Å². The van der Waals surface area contributed by atoms with Crippen molar-refractivity contribution >= 4 is 11.8 Å². The summed E-state index contributed by atoms with van der Waals surface area (Å²) in [6, 6.07) is 2.96. The Bertz CT molecular complexity index is 599. The standard InChI is InChI=1S/C17H22F2N2O3/c1-20(2)16(22)9-12-5-7-21(8-6-12)17(23)11-24-15-4-3-13(18)10-14(15)19/h3-4,10,12H,5-9,11H2,1-2H3. The molecule has 0 unspecified atom stereocenters. The molecule has 1 heterocycles. The maximum Gasteiger partial charge on any atom is 0.260 e. The topological polar surface area (TPSA) is 49.9 Å². The van der Waals surface area contributed by atoms with Gasteiger partial charge in [-0.25, -0.2) is 8.78 Å². The van der Waals surface area contributed by atoms with Gasteiger partial charge < -0.3 is 14.5 Å². The van der Waals surface area contributed by atoms with Crippen LogP contribution in [0.4, 0.5) is 8.78 Å². The molecule has 0 bridgehead atoms. The third-order valence-corrected chi connectivity index (χ3v) is 4.17. The van der Waals surface area contributed by atoms with Crippen molar-refractivity contribution in [2.24, 2.45) is 5.92 Å². The summed E-state index contributed by atoms with van der Waals surface area (Å²) in [6.07, 6.45) is 2.01. The molecule has 1 saturated heterocycles. The molecular formula is C17H22F2N2O3. The number of piperidine rings is 1. The highest BCUT2D eigenvalue weighted by molar-refractivity contribution is 5.78. The number of benzene rings is 1. The Labute approximate surface area is 140 Å². The van der Waals surface area contributed by atoms with Gasteiger partial charge in [0, 0.05) is 39.7 Å². The molecule has 24 heavy (non-hydrogen) atoms. The fourth-order valence-corrected chi connectivity index (χ4v) is 2.64. The van der Waals surface area contributed by atoms with E-state index in [1.165, 1.54) is 0 Å². The van der Waals surface area contributed by atoms with E-state index in [0.29, 0.717) is 25.6 Å². The van der Waals surface area contributed by atoms with E-state index in [0.717, 1.165) is 25.0 Å². The van der Waals surface area contributed by atoms with Crippen molar-refractivity contribution in [1.82, 2.24) is 9.80 Å². The summed E-state index contributed by atoms with van der Waals surface area (Å²) in [6.45, 7) is 0.822. The van der Waals surface area contributed by atoms with Crippen molar-refractivity contribution in [3.8, 4) is 5.75 Å². The van der Waals surface area contributed by atoms with Crippen LogP contribution < -0.4 is 4.74 Å². The Balaban J connectivity index is 1.77. The zero-order valence-electron chi connectivity index (χ0n) is 13.9. The van der Waals surface area contributed by atoms with Gasteiger partial charge in [0.2, 0.25) is 5.91 Å². The van der Waals surface area contributed by atoms with Crippen LogP contribution in [0.2, 0.25) is 0 Å². The SMILES string of the molecule is CN(C)C(=O)CC1CCN(C(=O)COc2ccc(F)cc2F)CC1. The van der Waals surface area contributed by atoms with Crippen LogP contribution in [0.5, 0.6) is 5.75 Å². The van der Waals surface area contributed by atoms with Gasteiger partial charge in [-0.3, -0.25) is 9.59 Å². The summed E-state index contributed by atoms with van der Waals surface area (Å²) in [5.41, 5.74) is 0. The van der Waals surface area contributed by atoms with Crippen LogP contribution in [-0.4, -0.2) is 55.4 Å². The first-order valence-electron chi connectivity index (χ1n) is 7.92. The minimum atomic E-state index is -0.830. The molecular weight excluding hydrogens is 318 g/mol. The van der Waals surface area contributed by atoms with Crippen molar-refractivity contribution in [2.45, 2.75) is 19.3 Å². The average molecular weight is 340 g/mol. The molecule has 0 N–H and O–H groups in total. The Hall–Kier alpha value is -2.18.